The molecule has 266 valence electrons. The molecule has 0 bridgehead atoms. The van der Waals surface area contributed by atoms with Crippen molar-refractivity contribution < 1.29 is 19.1 Å². The van der Waals surface area contributed by atoms with Crippen molar-refractivity contribution in [2.75, 3.05) is 66.7 Å². The lowest BCUT2D eigenvalue weighted by Crippen LogP contribution is -2.31. The van der Waals surface area contributed by atoms with Gasteiger partial charge >= 0.3 is 0 Å². The lowest BCUT2D eigenvalue weighted by atomic mass is 10.0. The van der Waals surface area contributed by atoms with Crippen LogP contribution >= 0.6 is 0 Å². The van der Waals surface area contributed by atoms with E-state index >= 15 is 0 Å². The van der Waals surface area contributed by atoms with E-state index in [-0.39, 0.29) is 18.4 Å². The third-order valence-corrected chi connectivity index (χ3v) is 8.29. The molecule has 4 N–H and O–H groups in total. The van der Waals surface area contributed by atoms with Gasteiger partial charge in [-0.05, 0) is 79.3 Å². The van der Waals surface area contributed by atoms with Gasteiger partial charge in [-0.15, -0.1) is 0 Å². The van der Waals surface area contributed by atoms with Crippen molar-refractivity contribution >= 4 is 33.9 Å². The van der Waals surface area contributed by atoms with Crippen LogP contribution in [-0.4, -0.2) is 103 Å². The van der Waals surface area contributed by atoms with Crippen LogP contribution in [0.25, 0.3) is 66.4 Å². The molecule has 0 fully saturated rings. The molecule has 0 atom stereocenters. The van der Waals surface area contributed by atoms with Gasteiger partial charge in [-0.1, -0.05) is 41.5 Å². The Bertz CT molecular complexity index is 2190. The first-order valence-electron chi connectivity index (χ1n) is 17.0. The number of H-pyrrole nitrogens is 2. The second kappa shape index (κ2) is 17.2. The summed E-state index contributed by atoms with van der Waals surface area (Å²) >= 11 is 0. The van der Waals surface area contributed by atoms with E-state index in [0.29, 0.717) is 56.5 Å². The van der Waals surface area contributed by atoms with E-state index in [0.717, 1.165) is 56.7 Å². The van der Waals surface area contributed by atoms with Gasteiger partial charge in [0.2, 0.25) is 0 Å². The largest absolute Gasteiger partial charge is 0.379 e. The second-order valence-corrected chi connectivity index (χ2v) is 12.3. The summed E-state index contributed by atoms with van der Waals surface area (Å²) in [4.78, 5) is 46.2. The minimum atomic E-state index is -0.190. The van der Waals surface area contributed by atoms with Gasteiger partial charge in [0.1, 0.15) is 11.6 Å². The minimum absolute atomic E-state index is 0.0961. The quantitative estimate of drug-likeness (QED) is 0.0400. The highest BCUT2D eigenvalue weighted by Gasteiger charge is 2.12. The minimum Gasteiger partial charge on any atom is -0.379 e. The van der Waals surface area contributed by atoms with Crippen LogP contribution in [0.5, 0.6) is 0 Å². The number of hydrogen-bond acceptors (Lipinski definition) is 8. The number of nitrogens with one attached hydrogen (secondary N) is 4. The summed E-state index contributed by atoms with van der Waals surface area (Å²) in [7, 11) is 3.94. The van der Waals surface area contributed by atoms with Gasteiger partial charge in [0.05, 0.1) is 48.5 Å². The molecule has 2 amide bonds. The summed E-state index contributed by atoms with van der Waals surface area (Å²) in [5.74, 6) is 1.15. The lowest BCUT2D eigenvalue weighted by Gasteiger charge is -2.10. The molecule has 0 saturated carbocycles. The molecule has 2 heterocycles. The fourth-order valence-electron chi connectivity index (χ4n) is 5.51. The normalized spacial score (nSPS) is 11.2. The van der Waals surface area contributed by atoms with Crippen molar-refractivity contribution in [3.8, 4) is 33.9 Å². The number of aromatic nitrogens is 4. The maximum absolute atomic E-state index is 12.6. The fraction of sp³-hybridized carbons (Fsp3) is 0.263. The summed E-state index contributed by atoms with van der Waals surface area (Å²) in [5.41, 5.74) is 16.6. The standard InChI is InChI=1S/C38H40N10O4/c1-48(2)18-15-40-37(49)27-7-3-25(4-8-27)35-43-31-13-11-29(23-33(31)45-35)30-12-14-32-34(24-30)46-36(44-32)26-5-9-28(10-6-26)38(50)41-16-19-51-21-22-52-20-17-42-47-39/h3-14,23-24H,15-22H2,1-2H3,(H,40,49)(H,41,50)(H,43,45)(H,44,46). The number of rotatable bonds is 17. The van der Waals surface area contributed by atoms with E-state index in [2.05, 4.69) is 48.8 Å². The van der Waals surface area contributed by atoms with Gasteiger partial charge in [0, 0.05) is 53.3 Å². The predicted octanol–water partition coefficient (Wildman–Crippen LogP) is 5.80. The number of carbonyl (C=O) groups is 2. The highest BCUT2D eigenvalue weighted by atomic mass is 16.5. The smallest absolute Gasteiger partial charge is 0.251 e. The molecule has 6 aromatic rings. The van der Waals surface area contributed by atoms with Crippen molar-refractivity contribution in [2.45, 2.75) is 0 Å². The topological polar surface area (TPSA) is 186 Å². The molecule has 6 rings (SSSR count). The van der Waals surface area contributed by atoms with Gasteiger partial charge < -0.3 is 35.0 Å². The molecule has 0 saturated heterocycles. The first kappa shape index (κ1) is 35.8. The average molecular weight is 701 g/mol. The summed E-state index contributed by atoms with van der Waals surface area (Å²) < 4.78 is 10.7. The molecule has 0 aliphatic carbocycles. The Hall–Kier alpha value is -6.05. The van der Waals surface area contributed by atoms with E-state index in [4.69, 9.17) is 25.0 Å². The van der Waals surface area contributed by atoms with Crippen molar-refractivity contribution in [1.29, 1.82) is 0 Å². The Morgan fingerprint density at radius 2 is 1.17 bits per heavy atom. The molecular weight excluding hydrogens is 660 g/mol. The van der Waals surface area contributed by atoms with E-state index in [1.165, 1.54) is 0 Å². The molecule has 2 aromatic heterocycles. The van der Waals surface area contributed by atoms with Crippen LogP contribution in [0.1, 0.15) is 20.7 Å². The molecule has 0 radical (unpaired) electrons. The summed E-state index contributed by atoms with van der Waals surface area (Å²) in [5, 5.41) is 9.18. The number of carbonyl (C=O) groups excluding carboxylic acids is 2. The van der Waals surface area contributed by atoms with Crippen LogP contribution in [-0.2, 0) is 9.47 Å². The zero-order valence-corrected chi connectivity index (χ0v) is 29.1. The molecule has 52 heavy (non-hydrogen) atoms. The van der Waals surface area contributed by atoms with Crippen LogP contribution in [0.3, 0.4) is 0 Å². The molecule has 0 spiro atoms. The number of nitrogens with zero attached hydrogens (tertiary/aromatic N) is 6. The van der Waals surface area contributed by atoms with Gasteiger partial charge in [0.25, 0.3) is 11.8 Å². The Balaban J connectivity index is 1.05. The monoisotopic (exact) mass is 700 g/mol. The van der Waals surface area contributed by atoms with Gasteiger partial charge in [-0.2, -0.15) is 0 Å². The highest BCUT2D eigenvalue weighted by Crippen LogP contribution is 2.29. The molecule has 0 aliphatic heterocycles. The van der Waals surface area contributed by atoms with Gasteiger partial charge in [-0.3, -0.25) is 9.59 Å². The number of likely N-dealkylation sites (N-methyl/N-ethyl adjacent to an activating group) is 1. The van der Waals surface area contributed by atoms with Crippen molar-refractivity contribution in [2.24, 2.45) is 5.11 Å². The number of azide groups is 1. The Kier molecular flexibility index (Phi) is 11.9. The summed E-state index contributed by atoms with van der Waals surface area (Å²) in [6.07, 6.45) is 0. The maximum Gasteiger partial charge on any atom is 0.251 e. The van der Waals surface area contributed by atoms with E-state index in [1.807, 2.05) is 73.6 Å². The van der Waals surface area contributed by atoms with Crippen LogP contribution in [0.15, 0.2) is 90.0 Å². The maximum atomic E-state index is 12.6. The van der Waals surface area contributed by atoms with E-state index in [1.54, 1.807) is 12.1 Å². The Morgan fingerprint density at radius 1 is 0.692 bits per heavy atom. The second-order valence-electron chi connectivity index (χ2n) is 12.3. The summed E-state index contributed by atoms with van der Waals surface area (Å²) in [6, 6.07) is 27.0. The Labute approximate surface area is 300 Å². The first-order chi connectivity index (χ1) is 25.4. The van der Waals surface area contributed by atoms with Crippen molar-refractivity contribution in [3.63, 3.8) is 0 Å². The number of fused-ring (bicyclic) bond motifs is 2. The highest BCUT2D eigenvalue weighted by molar-refractivity contribution is 5.95. The number of ether oxygens (including phenoxy) is 2. The molecule has 0 aliphatic rings. The predicted molar refractivity (Wildman–Crippen MR) is 201 cm³/mol. The van der Waals surface area contributed by atoms with Crippen molar-refractivity contribution in [1.82, 2.24) is 35.5 Å². The SMILES string of the molecule is CN(C)CCNC(=O)c1ccc(-c2nc3cc(-c4ccc5[nH]c(-c6ccc(C(=O)NCCOCCOCCN=[N+]=[N-])cc6)nc5c4)ccc3[nH]2)cc1. The van der Waals surface area contributed by atoms with E-state index in [9.17, 15) is 9.59 Å². The molecular formula is C38H40N10O4. The molecule has 14 heteroatoms. The zero-order valence-electron chi connectivity index (χ0n) is 29.1. The number of hydrogen-bond donors (Lipinski definition) is 4. The van der Waals surface area contributed by atoms with Crippen molar-refractivity contribution in [3.05, 3.63) is 106 Å². The fourth-order valence-corrected chi connectivity index (χ4v) is 5.51. The lowest BCUT2D eigenvalue weighted by molar-refractivity contribution is 0.0511. The molecule has 14 nitrogen and oxygen atoms in total. The van der Waals surface area contributed by atoms with Gasteiger partial charge in [-0.25, -0.2) is 9.97 Å². The Morgan fingerprint density at radius 3 is 1.67 bits per heavy atom. The average Bonchev–Trinajstić information content (AvgIpc) is 3.79. The number of amides is 2. The third kappa shape index (κ3) is 9.19. The molecule has 4 aromatic carbocycles. The van der Waals surface area contributed by atoms with Gasteiger partial charge in [0.15, 0.2) is 0 Å². The van der Waals surface area contributed by atoms with Crippen LogP contribution in [0.4, 0.5) is 0 Å². The van der Waals surface area contributed by atoms with Crippen LogP contribution < -0.4 is 10.6 Å². The third-order valence-electron chi connectivity index (χ3n) is 8.29. The van der Waals surface area contributed by atoms with Crippen LogP contribution in [0.2, 0.25) is 0 Å². The van der Waals surface area contributed by atoms with Crippen LogP contribution in [0, 0.1) is 0 Å². The summed E-state index contributed by atoms with van der Waals surface area (Å²) in [6.45, 7) is 3.50. The molecule has 0 unspecified atom stereocenters. The number of benzene rings is 4. The number of imidazole rings is 2. The zero-order chi connectivity index (χ0) is 36.3. The number of aromatic amines is 2. The first-order valence-corrected chi connectivity index (χ1v) is 17.0. The van der Waals surface area contributed by atoms with E-state index < -0.39 is 0 Å².